The summed E-state index contributed by atoms with van der Waals surface area (Å²) in [5.74, 6) is 0.528. The fourth-order valence-electron chi connectivity index (χ4n) is 1.38. The van der Waals surface area contributed by atoms with Gasteiger partial charge >= 0.3 is 0 Å². The van der Waals surface area contributed by atoms with Crippen molar-refractivity contribution in [3.05, 3.63) is 28.2 Å². The van der Waals surface area contributed by atoms with E-state index in [0.717, 1.165) is 10.2 Å². The minimum absolute atomic E-state index is 0.0398. The standard InChI is InChI=1S/C12H15Br2NO/c1-8(2)9-4-5-11(10(14)6-9)15(3)12(16)7-13/h4-6,8H,7H2,1-3H3. The zero-order chi connectivity index (χ0) is 12.3. The molecule has 1 rings (SSSR count). The van der Waals surface area contributed by atoms with Crippen LogP contribution in [0.4, 0.5) is 5.69 Å². The van der Waals surface area contributed by atoms with E-state index in [1.165, 1.54) is 5.56 Å². The molecule has 0 spiro atoms. The first-order valence-electron chi connectivity index (χ1n) is 5.09. The molecule has 1 amide bonds. The molecule has 0 atom stereocenters. The first-order valence-corrected chi connectivity index (χ1v) is 7.00. The van der Waals surface area contributed by atoms with Crippen molar-refractivity contribution in [3.63, 3.8) is 0 Å². The van der Waals surface area contributed by atoms with Gasteiger partial charge in [-0.25, -0.2) is 0 Å². The maximum absolute atomic E-state index is 11.5. The van der Waals surface area contributed by atoms with E-state index in [2.05, 4.69) is 57.8 Å². The molecule has 0 N–H and O–H groups in total. The molecule has 0 aliphatic carbocycles. The molecule has 16 heavy (non-hydrogen) atoms. The van der Waals surface area contributed by atoms with Crippen LogP contribution in [0.1, 0.15) is 25.3 Å². The molecule has 0 bridgehead atoms. The lowest BCUT2D eigenvalue weighted by molar-refractivity contribution is -0.115. The zero-order valence-electron chi connectivity index (χ0n) is 9.63. The molecule has 0 radical (unpaired) electrons. The number of amides is 1. The van der Waals surface area contributed by atoms with Crippen LogP contribution in [0, 0.1) is 0 Å². The number of halogens is 2. The van der Waals surface area contributed by atoms with E-state index >= 15 is 0 Å². The van der Waals surface area contributed by atoms with Crippen LogP contribution in [-0.4, -0.2) is 18.3 Å². The number of anilines is 1. The van der Waals surface area contributed by atoms with Gasteiger partial charge in [0.25, 0.3) is 0 Å². The average molecular weight is 349 g/mol. The molecule has 0 aliphatic heterocycles. The highest BCUT2D eigenvalue weighted by Gasteiger charge is 2.13. The van der Waals surface area contributed by atoms with Crippen molar-refractivity contribution < 1.29 is 4.79 Å². The summed E-state index contributed by atoms with van der Waals surface area (Å²) >= 11 is 6.67. The minimum atomic E-state index is 0.0398. The summed E-state index contributed by atoms with van der Waals surface area (Å²) in [4.78, 5) is 13.2. The summed E-state index contributed by atoms with van der Waals surface area (Å²) in [7, 11) is 1.78. The quantitative estimate of drug-likeness (QED) is 0.758. The summed E-state index contributed by atoms with van der Waals surface area (Å²) in [6, 6.07) is 6.10. The highest BCUT2D eigenvalue weighted by molar-refractivity contribution is 9.10. The monoisotopic (exact) mass is 347 g/mol. The first kappa shape index (κ1) is 13.7. The molecular weight excluding hydrogens is 334 g/mol. The van der Waals surface area contributed by atoms with Crippen molar-refractivity contribution in [2.24, 2.45) is 0 Å². The Morgan fingerprint density at radius 3 is 2.50 bits per heavy atom. The van der Waals surface area contributed by atoms with Crippen molar-refractivity contribution in [1.82, 2.24) is 0 Å². The number of nitrogens with zero attached hydrogens (tertiary/aromatic N) is 1. The van der Waals surface area contributed by atoms with Gasteiger partial charge in [0.05, 0.1) is 11.0 Å². The summed E-state index contributed by atoms with van der Waals surface area (Å²) in [5, 5.41) is 0.335. The SMILES string of the molecule is CC(C)c1ccc(N(C)C(=O)CBr)c(Br)c1. The molecule has 0 unspecified atom stereocenters. The minimum Gasteiger partial charge on any atom is -0.314 e. The second-order valence-corrected chi connectivity index (χ2v) is 5.37. The van der Waals surface area contributed by atoms with Crippen LogP contribution in [-0.2, 0) is 4.79 Å². The number of carbonyl (C=O) groups excluding carboxylic acids is 1. The second kappa shape index (κ2) is 5.82. The third-order valence-corrected chi connectivity index (χ3v) is 3.60. The number of hydrogen-bond acceptors (Lipinski definition) is 1. The Bertz CT molecular complexity index is 391. The lowest BCUT2D eigenvalue weighted by atomic mass is 10.0. The number of carbonyl (C=O) groups is 1. The van der Waals surface area contributed by atoms with Gasteiger partial charge in [0.2, 0.25) is 5.91 Å². The van der Waals surface area contributed by atoms with Gasteiger partial charge in [-0.2, -0.15) is 0 Å². The van der Waals surface area contributed by atoms with Crippen molar-refractivity contribution in [1.29, 1.82) is 0 Å². The average Bonchev–Trinajstić information content (AvgIpc) is 2.26. The van der Waals surface area contributed by atoms with Gasteiger partial charge in [-0.15, -0.1) is 0 Å². The van der Waals surface area contributed by atoms with Crippen LogP contribution in [0.15, 0.2) is 22.7 Å². The largest absolute Gasteiger partial charge is 0.314 e. The van der Waals surface area contributed by atoms with E-state index in [1.54, 1.807) is 11.9 Å². The van der Waals surface area contributed by atoms with E-state index < -0.39 is 0 Å². The molecule has 2 nitrogen and oxygen atoms in total. The summed E-state index contributed by atoms with van der Waals surface area (Å²) < 4.78 is 0.954. The highest BCUT2D eigenvalue weighted by Crippen LogP contribution is 2.29. The van der Waals surface area contributed by atoms with E-state index in [4.69, 9.17) is 0 Å². The van der Waals surface area contributed by atoms with Crippen LogP contribution in [0.5, 0.6) is 0 Å². The van der Waals surface area contributed by atoms with Crippen LogP contribution in [0.3, 0.4) is 0 Å². The lowest BCUT2D eigenvalue weighted by Gasteiger charge is -2.19. The molecular formula is C12H15Br2NO. The van der Waals surface area contributed by atoms with Crippen molar-refractivity contribution in [3.8, 4) is 0 Å². The van der Waals surface area contributed by atoms with Gasteiger partial charge in [-0.1, -0.05) is 35.8 Å². The number of hydrogen-bond donors (Lipinski definition) is 0. The molecule has 88 valence electrons. The fraction of sp³-hybridized carbons (Fsp3) is 0.417. The van der Waals surface area contributed by atoms with Crippen molar-refractivity contribution in [2.75, 3.05) is 17.3 Å². The van der Waals surface area contributed by atoms with Gasteiger partial charge < -0.3 is 4.90 Å². The normalized spacial score (nSPS) is 10.6. The Morgan fingerprint density at radius 1 is 1.44 bits per heavy atom. The highest BCUT2D eigenvalue weighted by atomic mass is 79.9. The first-order chi connectivity index (χ1) is 7.47. The summed E-state index contributed by atoms with van der Waals surface area (Å²) in [6.07, 6.45) is 0. The number of benzene rings is 1. The van der Waals surface area contributed by atoms with Crippen LogP contribution in [0.25, 0.3) is 0 Å². The van der Waals surface area contributed by atoms with E-state index in [-0.39, 0.29) is 5.91 Å². The summed E-state index contributed by atoms with van der Waals surface area (Å²) in [6.45, 7) is 4.30. The van der Waals surface area contributed by atoms with Gasteiger partial charge in [-0.3, -0.25) is 4.79 Å². The molecule has 0 aliphatic rings. The van der Waals surface area contributed by atoms with Gasteiger partial charge in [-0.05, 0) is 39.5 Å². The predicted octanol–water partition coefficient (Wildman–Crippen LogP) is 3.93. The second-order valence-electron chi connectivity index (χ2n) is 3.95. The van der Waals surface area contributed by atoms with Crippen molar-refractivity contribution in [2.45, 2.75) is 19.8 Å². The maximum Gasteiger partial charge on any atom is 0.237 e. The topological polar surface area (TPSA) is 20.3 Å². The third kappa shape index (κ3) is 3.08. The van der Waals surface area contributed by atoms with Crippen LogP contribution in [0.2, 0.25) is 0 Å². The van der Waals surface area contributed by atoms with E-state index in [9.17, 15) is 4.79 Å². The Kier molecular flexibility index (Phi) is 4.99. The molecule has 0 saturated carbocycles. The molecule has 1 aromatic carbocycles. The lowest BCUT2D eigenvalue weighted by Crippen LogP contribution is -2.27. The zero-order valence-corrected chi connectivity index (χ0v) is 12.8. The molecule has 4 heteroatoms. The Hall–Kier alpha value is -0.350. The van der Waals surface area contributed by atoms with E-state index in [0.29, 0.717) is 11.2 Å². The van der Waals surface area contributed by atoms with Crippen molar-refractivity contribution >= 4 is 43.5 Å². The molecule has 0 heterocycles. The van der Waals surface area contributed by atoms with E-state index in [1.807, 2.05) is 6.07 Å². The maximum atomic E-state index is 11.5. The Labute approximate surface area is 113 Å². The predicted molar refractivity (Wildman–Crippen MR) is 75.4 cm³/mol. The summed E-state index contributed by atoms with van der Waals surface area (Å²) in [5.41, 5.74) is 2.16. The van der Waals surface area contributed by atoms with Gasteiger partial charge in [0.1, 0.15) is 0 Å². The fourth-order valence-corrected chi connectivity index (χ4v) is 2.42. The Morgan fingerprint density at radius 2 is 2.06 bits per heavy atom. The van der Waals surface area contributed by atoms with Gasteiger partial charge in [0.15, 0.2) is 0 Å². The number of rotatable bonds is 3. The van der Waals surface area contributed by atoms with Gasteiger partial charge in [0, 0.05) is 11.5 Å². The molecule has 0 fully saturated rings. The number of alkyl halides is 1. The Balaban J connectivity index is 3.03. The van der Waals surface area contributed by atoms with Crippen LogP contribution >= 0.6 is 31.9 Å². The molecule has 0 aromatic heterocycles. The smallest absolute Gasteiger partial charge is 0.237 e. The molecule has 1 aromatic rings. The van der Waals surface area contributed by atoms with Crippen LogP contribution < -0.4 is 4.90 Å². The third-order valence-electron chi connectivity index (χ3n) is 2.49. The molecule has 0 saturated heterocycles.